The van der Waals surface area contributed by atoms with Crippen LogP contribution >= 0.6 is 0 Å². The molecule has 26 heavy (non-hydrogen) atoms. The number of nitrogens with one attached hydrogen (secondary N) is 2. The topological polar surface area (TPSA) is 84.5 Å². The molecule has 2 aromatic carbocycles. The summed E-state index contributed by atoms with van der Waals surface area (Å²) in [4.78, 5) is 11.8. The highest BCUT2D eigenvalue weighted by molar-refractivity contribution is 7.92. The lowest BCUT2D eigenvalue weighted by molar-refractivity contribution is -0.116. The maximum Gasteiger partial charge on any atom is 0.261 e. The number of methoxy groups -OCH3 is 1. The van der Waals surface area contributed by atoms with E-state index in [1.165, 1.54) is 18.2 Å². The molecule has 3 rings (SSSR count). The maximum absolute atomic E-state index is 12.4. The molecule has 2 aromatic rings. The van der Waals surface area contributed by atoms with Gasteiger partial charge in [-0.1, -0.05) is 12.1 Å². The SMILES string of the molecule is COc1ccc(NS(=O)(=O)c2ccc(/C=C/C(=O)NC3CC3)cc2)cc1. The van der Waals surface area contributed by atoms with Crippen molar-refractivity contribution in [3.05, 3.63) is 60.2 Å². The Hall–Kier alpha value is -2.80. The average molecular weight is 372 g/mol. The van der Waals surface area contributed by atoms with Gasteiger partial charge in [0.25, 0.3) is 10.0 Å². The van der Waals surface area contributed by atoms with E-state index in [4.69, 9.17) is 4.74 Å². The highest BCUT2D eigenvalue weighted by Gasteiger charge is 2.22. The Morgan fingerprint density at radius 3 is 2.31 bits per heavy atom. The lowest BCUT2D eigenvalue weighted by Crippen LogP contribution is -2.22. The summed E-state index contributed by atoms with van der Waals surface area (Å²) in [6.45, 7) is 0. The van der Waals surface area contributed by atoms with Gasteiger partial charge in [0.2, 0.25) is 5.91 Å². The van der Waals surface area contributed by atoms with Crippen LogP contribution in [0, 0.1) is 0 Å². The summed E-state index contributed by atoms with van der Waals surface area (Å²) in [5.74, 6) is 0.514. The summed E-state index contributed by atoms with van der Waals surface area (Å²) in [5.41, 5.74) is 1.20. The van der Waals surface area contributed by atoms with E-state index in [9.17, 15) is 13.2 Å². The van der Waals surface area contributed by atoms with Crippen LogP contribution in [0.15, 0.2) is 59.5 Å². The number of amides is 1. The van der Waals surface area contributed by atoms with Crippen molar-refractivity contribution in [2.75, 3.05) is 11.8 Å². The van der Waals surface area contributed by atoms with Gasteiger partial charge in [-0.15, -0.1) is 0 Å². The second-order valence-corrected chi connectivity index (χ2v) is 7.70. The van der Waals surface area contributed by atoms with Gasteiger partial charge in [0.05, 0.1) is 12.0 Å². The minimum Gasteiger partial charge on any atom is -0.497 e. The summed E-state index contributed by atoms with van der Waals surface area (Å²) < 4.78 is 32.4. The van der Waals surface area contributed by atoms with E-state index >= 15 is 0 Å². The van der Waals surface area contributed by atoms with Crippen LogP contribution < -0.4 is 14.8 Å². The van der Waals surface area contributed by atoms with Gasteiger partial charge in [-0.3, -0.25) is 9.52 Å². The van der Waals surface area contributed by atoms with E-state index in [1.807, 2.05) is 0 Å². The Labute approximate surface area is 152 Å². The van der Waals surface area contributed by atoms with Crippen LogP contribution in [-0.2, 0) is 14.8 Å². The summed E-state index contributed by atoms with van der Waals surface area (Å²) >= 11 is 0. The normalized spacial score (nSPS) is 14.2. The molecule has 0 radical (unpaired) electrons. The Balaban J connectivity index is 1.65. The van der Waals surface area contributed by atoms with Gasteiger partial charge in [-0.05, 0) is 60.9 Å². The zero-order chi connectivity index (χ0) is 18.6. The van der Waals surface area contributed by atoms with E-state index in [0.717, 1.165) is 18.4 Å². The Bertz CT molecular complexity index is 900. The first-order valence-corrected chi connectivity index (χ1v) is 9.70. The molecule has 136 valence electrons. The van der Waals surface area contributed by atoms with E-state index in [1.54, 1.807) is 49.6 Å². The van der Waals surface area contributed by atoms with E-state index in [0.29, 0.717) is 17.5 Å². The van der Waals surface area contributed by atoms with Crippen LogP contribution in [0.2, 0.25) is 0 Å². The van der Waals surface area contributed by atoms with Crippen LogP contribution in [0.1, 0.15) is 18.4 Å². The van der Waals surface area contributed by atoms with Gasteiger partial charge in [-0.2, -0.15) is 0 Å². The van der Waals surface area contributed by atoms with Gasteiger partial charge in [0, 0.05) is 17.8 Å². The molecule has 1 fully saturated rings. The molecule has 1 aliphatic rings. The fourth-order valence-electron chi connectivity index (χ4n) is 2.28. The number of hydrogen-bond donors (Lipinski definition) is 2. The minimum atomic E-state index is -3.68. The number of anilines is 1. The molecule has 0 unspecified atom stereocenters. The first-order valence-electron chi connectivity index (χ1n) is 8.22. The number of ether oxygens (including phenoxy) is 1. The monoisotopic (exact) mass is 372 g/mol. The van der Waals surface area contributed by atoms with Crippen LogP contribution in [0.3, 0.4) is 0 Å². The second kappa shape index (κ2) is 7.61. The Kier molecular flexibility index (Phi) is 5.27. The van der Waals surface area contributed by atoms with Crippen molar-refractivity contribution in [3.63, 3.8) is 0 Å². The molecule has 1 amide bonds. The molecule has 0 heterocycles. The van der Waals surface area contributed by atoms with Crippen molar-refractivity contribution in [2.45, 2.75) is 23.8 Å². The fourth-order valence-corrected chi connectivity index (χ4v) is 3.34. The molecule has 1 aliphatic carbocycles. The largest absolute Gasteiger partial charge is 0.497 e. The highest BCUT2D eigenvalue weighted by atomic mass is 32.2. The quantitative estimate of drug-likeness (QED) is 0.732. The molecular formula is C19H20N2O4S. The maximum atomic E-state index is 12.4. The molecule has 2 N–H and O–H groups in total. The smallest absolute Gasteiger partial charge is 0.261 e. The van der Waals surface area contributed by atoms with Crippen LogP contribution in [0.5, 0.6) is 5.75 Å². The van der Waals surface area contributed by atoms with Gasteiger partial charge < -0.3 is 10.1 Å². The predicted octanol–water partition coefficient (Wildman–Crippen LogP) is 2.79. The Morgan fingerprint density at radius 2 is 1.73 bits per heavy atom. The standard InChI is InChI=1S/C19H20N2O4S/c1-25-17-9-7-16(8-10-17)21-26(23,24)18-11-2-14(3-12-18)4-13-19(22)20-15-5-6-15/h2-4,7-13,15,21H,5-6H2,1H3,(H,20,22)/b13-4+. The molecular weight excluding hydrogens is 352 g/mol. The summed E-state index contributed by atoms with van der Waals surface area (Å²) in [7, 11) is -2.14. The zero-order valence-corrected chi connectivity index (χ0v) is 15.1. The summed E-state index contributed by atoms with van der Waals surface area (Å²) in [5, 5.41) is 2.85. The van der Waals surface area contributed by atoms with Crippen LogP contribution in [0.25, 0.3) is 6.08 Å². The number of benzene rings is 2. The molecule has 0 bridgehead atoms. The number of carbonyl (C=O) groups excluding carboxylic acids is 1. The number of hydrogen-bond acceptors (Lipinski definition) is 4. The number of carbonyl (C=O) groups is 1. The first-order chi connectivity index (χ1) is 12.5. The van der Waals surface area contributed by atoms with Gasteiger partial charge in [0.15, 0.2) is 0 Å². The molecule has 1 saturated carbocycles. The van der Waals surface area contributed by atoms with E-state index in [2.05, 4.69) is 10.0 Å². The molecule has 0 saturated heterocycles. The molecule has 6 nitrogen and oxygen atoms in total. The number of sulfonamides is 1. The third-order valence-corrected chi connectivity index (χ3v) is 5.28. The average Bonchev–Trinajstić information content (AvgIpc) is 3.44. The number of rotatable bonds is 7. The molecule has 0 aromatic heterocycles. The van der Waals surface area contributed by atoms with Crippen molar-refractivity contribution in [1.29, 1.82) is 0 Å². The van der Waals surface area contributed by atoms with Crippen molar-refractivity contribution < 1.29 is 17.9 Å². The molecule has 0 atom stereocenters. The first kappa shape index (κ1) is 18.0. The zero-order valence-electron chi connectivity index (χ0n) is 14.3. The van der Waals surface area contributed by atoms with Gasteiger partial charge in [-0.25, -0.2) is 8.42 Å². The van der Waals surface area contributed by atoms with Crippen molar-refractivity contribution in [1.82, 2.24) is 5.32 Å². The summed E-state index contributed by atoms with van der Waals surface area (Å²) in [6.07, 6.45) is 5.18. The van der Waals surface area contributed by atoms with Crippen molar-refractivity contribution in [3.8, 4) is 5.75 Å². The van der Waals surface area contributed by atoms with E-state index < -0.39 is 10.0 Å². The molecule has 7 heteroatoms. The minimum absolute atomic E-state index is 0.134. The van der Waals surface area contributed by atoms with E-state index in [-0.39, 0.29) is 10.8 Å². The van der Waals surface area contributed by atoms with Gasteiger partial charge in [0.1, 0.15) is 5.75 Å². The third-order valence-electron chi connectivity index (χ3n) is 3.88. The predicted molar refractivity (Wildman–Crippen MR) is 100 cm³/mol. The van der Waals surface area contributed by atoms with Crippen LogP contribution in [-0.4, -0.2) is 27.5 Å². The van der Waals surface area contributed by atoms with Crippen molar-refractivity contribution in [2.24, 2.45) is 0 Å². The van der Waals surface area contributed by atoms with Crippen LogP contribution in [0.4, 0.5) is 5.69 Å². The summed E-state index contributed by atoms with van der Waals surface area (Å²) in [6, 6.07) is 13.2. The third kappa shape index (κ3) is 4.86. The lowest BCUT2D eigenvalue weighted by Gasteiger charge is -2.09. The molecule has 0 aliphatic heterocycles. The van der Waals surface area contributed by atoms with Gasteiger partial charge >= 0.3 is 0 Å². The highest BCUT2D eigenvalue weighted by Crippen LogP contribution is 2.20. The lowest BCUT2D eigenvalue weighted by atomic mass is 10.2. The second-order valence-electron chi connectivity index (χ2n) is 6.02. The fraction of sp³-hybridized carbons (Fsp3) is 0.211. The Morgan fingerprint density at radius 1 is 1.08 bits per heavy atom. The van der Waals surface area contributed by atoms with Crippen molar-refractivity contribution >= 4 is 27.7 Å². The molecule has 0 spiro atoms.